The minimum atomic E-state index is -4.65. The van der Waals surface area contributed by atoms with Crippen LogP contribution >= 0.6 is 0 Å². The molecule has 32 heavy (non-hydrogen) atoms. The van der Waals surface area contributed by atoms with Gasteiger partial charge < -0.3 is 0 Å². The Kier molecular flexibility index (Phi) is 6.69. The van der Waals surface area contributed by atoms with Crippen molar-refractivity contribution < 1.29 is 17.6 Å². The van der Waals surface area contributed by atoms with E-state index in [9.17, 15) is 27.6 Å². The Morgan fingerprint density at radius 1 is 0.969 bits per heavy atom. The number of fused-ring (bicyclic) bond motifs is 1. The zero-order chi connectivity index (χ0) is 23.3. The van der Waals surface area contributed by atoms with Gasteiger partial charge in [-0.05, 0) is 43.3 Å². The molecule has 4 rings (SSSR count). The van der Waals surface area contributed by atoms with Crippen molar-refractivity contribution in [1.29, 1.82) is 5.26 Å². The van der Waals surface area contributed by atoms with Gasteiger partial charge in [0.05, 0.1) is 28.1 Å². The van der Waals surface area contributed by atoms with Crippen LogP contribution in [0.5, 0.6) is 0 Å². The number of aromatic nitrogens is 2. The van der Waals surface area contributed by atoms with Gasteiger partial charge in [-0.3, -0.25) is 9.36 Å². The molecular weight excluding hydrogens is 422 g/mol. The van der Waals surface area contributed by atoms with Gasteiger partial charge in [0.1, 0.15) is 11.6 Å². The molecule has 1 aromatic heterocycles. The smallest absolute Gasteiger partial charge is 0.292 e. The van der Waals surface area contributed by atoms with Crippen LogP contribution in [0.15, 0.2) is 77.6 Å². The summed E-state index contributed by atoms with van der Waals surface area (Å²) in [5.74, 6) is -0.000950. The number of nitrogens with zero attached hydrogens (tertiary/aromatic N) is 3. The van der Waals surface area contributed by atoms with E-state index in [0.717, 1.165) is 10.6 Å². The monoisotopic (exact) mass is 439 g/mol. The summed E-state index contributed by atoms with van der Waals surface area (Å²) in [5, 5.41) is 8.80. The molecule has 0 aliphatic rings. The Bertz CT molecular complexity index is 1340. The molecule has 0 N–H and O–H groups in total. The molecule has 162 valence electrons. The second-order valence-corrected chi connectivity index (χ2v) is 6.64. The molecule has 0 spiro atoms. The van der Waals surface area contributed by atoms with Crippen LogP contribution in [0.2, 0.25) is 0 Å². The molecule has 0 fully saturated rings. The van der Waals surface area contributed by atoms with Crippen molar-refractivity contribution >= 4 is 10.9 Å². The zero-order valence-corrected chi connectivity index (χ0v) is 16.9. The number of benzene rings is 3. The second-order valence-electron chi connectivity index (χ2n) is 6.64. The highest BCUT2D eigenvalue weighted by atomic mass is 19.4. The lowest BCUT2D eigenvalue weighted by Crippen LogP contribution is -2.25. The summed E-state index contributed by atoms with van der Waals surface area (Å²) in [6, 6.07) is 19.9. The molecule has 0 radical (unpaired) electrons. The third kappa shape index (κ3) is 4.67. The Hall–Kier alpha value is -3.99. The third-order valence-electron chi connectivity index (χ3n) is 4.63. The quantitative estimate of drug-likeness (QED) is 0.371. The van der Waals surface area contributed by atoms with Crippen LogP contribution in [0, 0.1) is 17.1 Å². The number of alkyl halides is 3. The molecule has 0 saturated carbocycles. The van der Waals surface area contributed by atoms with Crippen molar-refractivity contribution in [2.24, 2.45) is 0 Å². The molecule has 0 unspecified atom stereocenters. The molecule has 4 aromatic rings. The lowest BCUT2D eigenvalue weighted by Gasteiger charge is -2.15. The molecule has 0 amide bonds. The van der Waals surface area contributed by atoms with Gasteiger partial charge in [-0.15, -0.1) is 0 Å². The Morgan fingerprint density at radius 3 is 2.19 bits per heavy atom. The van der Waals surface area contributed by atoms with Gasteiger partial charge in [0.15, 0.2) is 0 Å². The van der Waals surface area contributed by atoms with E-state index in [2.05, 4.69) is 4.98 Å². The van der Waals surface area contributed by atoms with E-state index in [-0.39, 0.29) is 23.7 Å². The summed E-state index contributed by atoms with van der Waals surface area (Å²) in [6.45, 7) is 1.77. The second kappa shape index (κ2) is 9.43. The molecule has 3 aromatic carbocycles. The number of rotatable bonds is 2. The van der Waals surface area contributed by atoms with E-state index in [4.69, 9.17) is 0 Å². The first-order chi connectivity index (χ1) is 15.3. The molecule has 0 bridgehead atoms. The maximum atomic E-state index is 13.3. The van der Waals surface area contributed by atoms with Gasteiger partial charge in [-0.25, -0.2) is 9.37 Å². The highest BCUT2D eigenvalue weighted by molar-refractivity contribution is 5.84. The van der Waals surface area contributed by atoms with Crippen molar-refractivity contribution in [2.45, 2.75) is 19.6 Å². The van der Waals surface area contributed by atoms with Crippen LogP contribution in [0.1, 0.15) is 18.1 Å². The van der Waals surface area contributed by atoms with Gasteiger partial charge in [0.25, 0.3) is 5.56 Å². The molecular formula is C24H17F4N3O. The fourth-order valence-electron chi connectivity index (χ4n) is 3.19. The normalized spacial score (nSPS) is 10.9. The van der Waals surface area contributed by atoms with E-state index < -0.39 is 22.7 Å². The van der Waals surface area contributed by atoms with E-state index in [0.29, 0.717) is 11.1 Å². The standard InChI is InChI=1S/C18H12F3N3O.C6H5F/c1-2-24-16(12-7-4-3-6-11(12)10-22)23-14-9-5-8-13(18(19,20)21)15(14)17(24)25;7-6-4-2-1-3-5-6/h3-9H,2H2,1H3;1-5H. The molecule has 4 nitrogen and oxygen atoms in total. The lowest BCUT2D eigenvalue weighted by molar-refractivity contribution is -0.136. The average Bonchev–Trinajstić information content (AvgIpc) is 2.79. The molecule has 0 atom stereocenters. The van der Waals surface area contributed by atoms with Crippen LogP contribution in [0.3, 0.4) is 0 Å². The van der Waals surface area contributed by atoms with Crippen molar-refractivity contribution in [3.8, 4) is 17.5 Å². The predicted molar refractivity (Wildman–Crippen MR) is 113 cm³/mol. The fourth-order valence-corrected chi connectivity index (χ4v) is 3.19. The molecule has 1 heterocycles. The van der Waals surface area contributed by atoms with Crippen molar-refractivity contribution in [1.82, 2.24) is 9.55 Å². The SMILES string of the molecule is CCn1c(-c2ccccc2C#N)nc2cccc(C(F)(F)F)c2c1=O.Fc1ccccc1. The summed E-state index contributed by atoms with van der Waals surface area (Å²) in [6.07, 6.45) is -4.65. The highest BCUT2D eigenvalue weighted by Crippen LogP contribution is 2.33. The Morgan fingerprint density at radius 2 is 1.62 bits per heavy atom. The van der Waals surface area contributed by atoms with Gasteiger partial charge in [0.2, 0.25) is 0 Å². The Labute approximate surface area is 181 Å². The largest absolute Gasteiger partial charge is 0.417 e. The lowest BCUT2D eigenvalue weighted by atomic mass is 10.1. The van der Waals surface area contributed by atoms with Gasteiger partial charge in [0, 0.05) is 12.1 Å². The first-order valence-electron chi connectivity index (χ1n) is 9.58. The van der Waals surface area contributed by atoms with Crippen LogP contribution in [-0.2, 0) is 12.7 Å². The zero-order valence-electron chi connectivity index (χ0n) is 16.9. The van der Waals surface area contributed by atoms with Gasteiger partial charge >= 0.3 is 6.18 Å². The van der Waals surface area contributed by atoms with Crippen LogP contribution in [0.4, 0.5) is 17.6 Å². The molecule has 0 aliphatic carbocycles. The summed E-state index contributed by atoms with van der Waals surface area (Å²) < 4.78 is 52.8. The average molecular weight is 439 g/mol. The van der Waals surface area contributed by atoms with Crippen molar-refractivity contribution in [2.75, 3.05) is 0 Å². The molecule has 0 saturated heterocycles. The first-order valence-corrected chi connectivity index (χ1v) is 9.58. The predicted octanol–water partition coefficient (Wildman–Crippen LogP) is 5.80. The number of hydrogen-bond donors (Lipinski definition) is 0. The van der Waals surface area contributed by atoms with E-state index in [1.807, 2.05) is 6.07 Å². The summed E-state index contributed by atoms with van der Waals surface area (Å²) in [7, 11) is 0. The summed E-state index contributed by atoms with van der Waals surface area (Å²) in [5.41, 5.74) is -1.13. The Balaban J connectivity index is 0.000000352. The van der Waals surface area contributed by atoms with E-state index in [1.165, 1.54) is 24.3 Å². The topological polar surface area (TPSA) is 58.7 Å². The fraction of sp³-hybridized carbons (Fsp3) is 0.125. The number of hydrogen-bond acceptors (Lipinski definition) is 3. The highest BCUT2D eigenvalue weighted by Gasteiger charge is 2.34. The van der Waals surface area contributed by atoms with E-state index in [1.54, 1.807) is 49.4 Å². The van der Waals surface area contributed by atoms with Crippen LogP contribution in [-0.4, -0.2) is 9.55 Å². The molecule has 0 aliphatic heterocycles. The van der Waals surface area contributed by atoms with Gasteiger partial charge in [-0.2, -0.15) is 18.4 Å². The maximum Gasteiger partial charge on any atom is 0.417 e. The summed E-state index contributed by atoms with van der Waals surface area (Å²) >= 11 is 0. The van der Waals surface area contributed by atoms with Crippen molar-refractivity contribution in [3.05, 3.63) is 100 Å². The first kappa shape index (κ1) is 22.7. The molecule has 8 heteroatoms. The number of halogens is 4. The third-order valence-corrected chi connectivity index (χ3v) is 4.63. The van der Waals surface area contributed by atoms with Crippen LogP contribution < -0.4 is 5.56 Å². The minimum Gasteiger partial charge on any atom is -0.292 e. The minimum absolute atomic E-state index is 0.0488. The summed E-state index contributed by atoms with van der Waals surface area (Å²) in [4.78, 5) is 17.0. The maximum absolute atomic E-state index is 13.3. The number of nitriles is 1. The van der Waals surface area contributed by atoms with Crippen molar-refractivity contribution in [3.63, 3.8) is 0 Å². The van der Waals surface area contributed by atoms with E-state index >= 15 is 0 Å². The van der Waals surface area contributed by atoms with Crippen LogP contribution in [0.25, 0.3) is 22.3 Å². The van der Waals surface area contributed by atoms with Gasteiger partial charge in [-0.1, -0.05) is 36.4 Å².